The molecule has 0 atom stereocenters. The summed E-state index contributed by atoms with van der Waals surface area (Å²) in [6.45, 7) is 2.86. The number of aliphatic imine (C=N–C) groups is 1. The number of alkyl halides is 3. The summed E-state index contributed by atoms with van der Waals surface area (Å²) in [7, 11) is 1.70. The Hall–Kier alpha value is -2.05. The summed E-state index contributed by atoms with van der Waals surface area (Å²) < 4.78 is 39.3. The molecule has 0 unspecified atom stereocenters. The second-order valence-corrected chi connectivity index (χ2v) is 5.76. The monoisotopic (exact) mass is 511 g/mol. The van der Waals surface area contributed by atoms with Crippen LogP contribution in [0.25, 0.3) is 0 Å². The molecule has 11 heteroatoms. The molecule has 0 radical (unpaired) electrons. The van der Waals surface area contributed by atoms with Crippen molar-refractivity contribution in [3.8, 4) is 0 Å². The minimum Gasteiger partial charge on any atom is -0.370 e. The molecule has 0 bridgehead atoms. The standard InChI is InChI=1S/C17H24F3N7.HI/c1-21-16(24-9-3-11-27-12-4-10-26-27)23-8-2-7-22-15-6-5-14(13-25-15)17(18,19)20;/h4-6,10,12-13H,2-3,7-9,11H2,1H3,(H,22,25)(H2,21,23,24);1H. The highest BCUT2D eigenvalue weighted by Crippen LogP contribution is 2.28. The largest absolute Gasteiger partial charge is 0.417 e. The van der Waals surface area contributed by atoms with Crippen molar-refractivity contribution in [3.05, 3.63) is 42.4 Å². The van der Waals surface area contributed by atoms with Gasteiger partial charge in [-0.15, -0.1) is 24.0 Å². The van der Waals surface area contributed by atoms with Crippen molar-refractivity contribution >= 4 is 35.8 Å². The third-order valence-electron chi connectivity index (χ3n) is 3.68. The van der Waals surface area contributed by atoms with E-state index >= 15 is 0 Å². The van der Waals surface area contributed by atoms with Crippen LogP contribution in [0, 0.1) is 0 Å². The van der Waals surface area contributed by atoms with Crippen LogP contribution in [0.1, 0.15) is 18.4 Å². The van der Waals surface area contributed by atoms with Crippen molar-refractivity contribution < 1.29 is 13.2 Å². The second-order valence-electron chi connectivity index (χ2n) is 5.76. The van der Waals surface area contributed by atoms with Gasteiger partial charge in [-0.05, 0) is 31.0 Å². The predicted octanol–water partition coefficient (Wildman–Crippen LogP) is 2.97. The van der Waals surface area contributed by atoms with Crippen molar-refractivity contribution in [1.82, 2.24) is 25.4 Å². The van der Waals surface area contributed by atoms with Gasteiger partial charge in [0.05, 0.1) is 5.56 Å². The summed E-state index contributed by atoms with van der Waals surface area (Å²) >= 11 is 0. The number of hydrogen-bond acceptors (Lipinski definition) is 4. The lowest BCUT2D eigenvalue weighted by Crippen LogP contribution is -2.38. The van der Waals surface area contributed by atoms with Crippen molar-refractivity contribution in [2.24, 2.45) is 4.99 Å². The fourth-order valence-electron chi connectivity index (χ4n) is 2.28. The first-order chi connectivity index (χ1) is 13.0. The number of nitrogens with one attached hydrogen (secondary N) is 3. The first-order valence-corrected chi connectivity index (χ1v) is 8.68. The Morgan fingerprint density at radius 2 is 1.89 bits per heavy atom. The minimum atomic E-state index is -4.36. The van der Waals surface area contributed by atoms with Crippen LogP contribution in [0.3, 0.4) is 0 Å². The zero-order valence-corrected chi connectivity index (χ0v) is 17.9. The molecule has 156 valence electrons. The van der Waals surface area contributed by atoms with Crippen molar-refractivity contribution in [1.29, 1.82) is 0 Å². The van der Waals surface area contributed by atoms with Crippen molar-refractivity contribution in [3.63, 3.8) is 0 Å². The Balaban J connectivity index is 0.00000392. The lowest BCUT2D eigenvalue weighted by molar-refractivity contribution is -0.137. The summed E-state index contributed by atoms with van der Waals surface area (Å²) in [6, 6.07) is 4.24. The van der Waals surface area contributed by atoms with E-state index in [0.717, 1.165) is 38.2 Å². The Morgan fingerprint density at radius 3 is 2.46 bits per heavy atom. The Bertz CT molecular complexity index is 688. The fourth-order valence-corrected chi connectivity index (χ4v) is 2.28. The molecule has 2 heterocycles. The van der Waals surface area contributed by atoms with Crippen LogP contribution >= 0.6 is 24.0 Å². The molecule has 0 aliphatic carbocycles. The number of hydrogen-bond donors (Lipinski definition) is 3. The van der Waals surface area contributed by atoms with Crippen LogP contribution < -0.4 is 16.0 Å². The van der Waals surface area contributed by atoms with Gasteiger partial charge in [-0.2, -0.15) is 18.3 Å². The van der Waals surface area contributed by atoms with Crippen LogP contribution in [0.5, 0.6) is 0 Å². The summed E-state index contributed by atoms with van der Waals surface area (Å²) in [6.07, 6.45) is 1.82. The summed E-state index contributed by atoms with van der Waals surface area (Å²) in [5.41, 5.74) is -0.753. The number of pyridine rings is 1. The first-order valence-electron chi connectivity index (χ1n) is 8.68. The lowest BCUT2D eigenvalue weighted by Gasteiger charge is -2.12. The SMILES string of the molecule is CN=C(NCCCNc1ccc(C(F)(F)F)cn1)NCCCn1cccn1.I. The molecule has 0 spiro atoms. The molecule has 3 N–H and O–H groups in total. The number of nitrogens with zero attached hydrogens (tertiary/aromatic N) is 4. The van der Waals surface area contributed by atoms with Crippen molar-refractivity contribution in [2.75, 3.05) is 32.0 Å². The molecule has 2 rings (SSSR count). The number of aryl methyl sites for hydroxylation is 1. The molecule has 2 aromatic rings. The molecule has 0 aliphatic heterocycles. The molecule has 0 aromatic carbocycles. The normalized spacial score (nSPS) is 11.6. The number of anilines is 1. The second kappa shape index (κ2) is 12.4. The van der Waals surface area contributed by atoms with Crippen LogP contribution in [0.15, 0.2) is 41.8 Å². The summed E-state index contributed by atoms with van der Waals surface area (Å²) in [5.74, 6) is 1.13. The van der Waals surface area contributed by atoms with Crippen molar-refractivity contribution in [2.45, 2.75) is 25.6 Å². The molecule has 0 amide bonds. The van der Waals surface area contributed by atoms with Gasteiger partial charge < -0.3 is 16.0 Å². The van der Waals surface area contributed by atoms with E-state index in [1.165, 1.54) is 6.07 Å². The Kier molecular flexibility index (Phi) is 10.6. The summed E-state index contributed by atoms with van der Waals surface area (Å²) in [5, 5.41) is 13.5. The van der Waals surface area contributed by atoms with E-state index in [4.69, 9.17) is 0 Å². The van der Waals surface area contributed by atoms with E-state index in [1.807, 2.05) is 16.9 Å². The highest BCUT2D eigenvalue weighted by molar-refractivity contribution is 14.0. The minimum absolute atomic E-state index is 0. The van der Waals surface area contributed by atoms with Gasteiger partial charge in [0.25, 0.3) is 0 Å². The average molecular weight is 511 g/mol. The first kappa shape index (κ1) is 24.0. The zero-order chi connectivity index (χ0) is 19.5. The molecule has 0 saturated carbocycles. The van der Waals surface area contributed by atoms with Crippen LogP contribution in [0.4, 0.5) is 19.0 Å². The molecule has 0 aliphatic rings. The fraction of sp³-hybridized carbons (Fsp3) is 0.471. The van der Waals surface area contributed by atoms with Gasteiger partial charge in [-0.25, -0.2) is 4.98 Å². The summed E-state index contributed by atoms with van der Waals surface area (Å²) in [4.78, 5) is 7.91. The number of halogens is 4. The van der Waals surface area contributed by atoms with Gasteiger partial charge in [-0.3, -0.25) is 9.67 Å². The Morgan fingerprint density at radius 1 is 1.14 bits per heavy atom. The van der Waals surface area contributed by atoms with Gasteiger partial charge in [0, 0.05) is 51.8 Å². The molecule has 2 aromatic heterocycles. The molecule has 0 fully saturated rings. The topological polar surface area (TPSA) is 79.2 Å². The van der Waals surface area contributed by atoms with Gasteiger partial charge in [-0.1, -0.05) is 0 Å². The van der Waals surface area contributed by atoms with Gasteiger partial charge in [0.1, 0.15) is 5.82 Å². The number of aromatic nitrogens is 3. The van der Waals surface area contributed by atoms with Gasteiger partial charge >= 0.3 is 6.18 Å². The van der Waals surface area contributed by atoms with E-state index in [-0.39, 0.29) is 24.0 Å². The van der Waals surface area contributed by atoms with E-state index in [2.05, 4.69) is 31.0 Å². The van der Waals surface area contributed by atoms with E-state index in [0.29, 0.717) is 24.9 Å². The Labute approximate surface area is 179 Å². The third kappa shape index (κ3) is 8.76. The van der Waals surface area contributed by atoms with E-state index in [9.17, 15) is 13.2 Å². The van der Waals surface area contributed by atoms with Gasteiger partial charge in [0.15, 0.2) is 5.96 Å². The number of guanidine groups is 1. The third-order valence-corrected chi connectivity index (χ3v) is 3.68. The van der Waals surface area contributed by atoms with Crippen LogP contribution in [-0.2, 0) is 12.7 Å². The predicted molar refractivity (Wildman–Crippen MR) is 114 cm³/mol. The van der Waals surface area contributed by atoms with Crippen LogP contribution in [-0.4, -0.2) is 47.4 Å². The van der Waals surface area contributed by atoms with Crippen LogP contribution in [0.2, 0.25) is 0 Å². The molecular weight excluding hydrogens is 486 g/mol. The van der Waals surface area contributed by atoms with Gasteiger partial charge in [0.2, 0.25) is 0 Å². The quantitative estimate of drug-likeness (QED) is 0.209. The lowest BCUT2D eigenvalue weighted by atomic mass is 10.3. The maximum Gasteiger partial charge on any atom is 0.417 e. The molecule has 0 saturated heterocycles. The molecule has 28 heavy (non-hydrogen) atoms. The highest BCUT2D eigenvalue weighted by atomic mass is 127. The highest BCUT2D eigenvalue weighted by Gasteiger charge is 2.30. The van der Waals surface area contributed by atoms with E-state index in [1.54, 1.807) is 13.2 Å². The maximum absolute atomic E-state index is 12.5. The zero-order valence-electron chi connectivity index (χ0n) is 15.5. The molecular formula is C17H25F3IN7. The number of rotatable bonds is 9. The molecule has 7 nitrogen and oxygen atoms in total. The average Bonchev–Trinajstić information content (AvgIpc) is 3.16. The smallest absolute Gasteiger partial charge is 0.370 e. The van der Waals surface area contributed by atoms with E-state index < -0.39 is 11.7 Å². The maximum atomic E-state index is 12.5.